The number of rotatable bonds is 3. The van der Waals surface area contributed by atoms with Gasteiger partial charge in [0.2, 0.25) is 0 Å². The largest absolute Gasteiger partial charge is 0.382 e. The molecule has 0 aliphatic rings. The van der Waals surface area contributed by atoms with Crippen molar-refractivity contribution in [2.45, 2.75) is 0 Å². The number of fused-ring (bicyclic) bond motifs is 1. The van der Waals surface area contributed by atoms with Crippen molar-refractivity contribution >= 4 is 28.8 Å². The summed E-state index contributed by atoms with van der Waals surface area (Å²) in [6.07, 6.45) is 2.57. The summed E-state index contributed by atoms with van der Waals surface area (Å²) in [7, 11) is 0. The van der Waals surface area contributed by atoms with Crippen molar-refractivity contribution in [3.8, 4) is 0 Å². The van der Waals surface area contributed by atoms with Crippen molar-refractivity contribution in [3.05, 3.63) is 48.5 Å². The van der Waals surface area contributed by atoms with Crippen LogP contribution in [0.25, 0.3) is 11.2 Å². The molecule has 1 aromatic carbocycles. The van der Waals surface area contributed by atoms with Crippen LogP contribution in [0.5, 0.6) is 0 Å². The van der Waals surface area contributed by atoms with Gasteiger partial charge in [0.25, 0.3) is 11.8 Å². The third-order valence-electron chi connectivity index (χ3n) is 3.07. The van der Waals surface area contributed by atoms with Gasteiger partial charge in [0.05, 0.1) is 6.54 Å². The third-order valence-corrected chi connectivity index (χ3v) is 3.07. The van der Waals surface area contributed by atoms with Gasteiger partial charge in [-0.25, -0.2) is 15.0 Å². The maximum atomic E-state index is 12.2. The number of nitrogen functional groups attached to an aromatic ring is 1. The number of nitrogens with zero attached hydrogens (tertiary/aromatic N) is 4. The van der Waals surface area contributed by atoms with Gasteiger partial charge in [0.1, 0.15) is 12.7 Å². The molecule has 0 fully saturated rings. The number of imidazole rings is 1. The standard InChI is InChI=1S/C14H12N6O2/c15-12-11-13(18-7-17-12)20(8-19-11)10(21)6-16-14(22)9-4-2-1-3-5-9/h1-5,7-8H,6H2,(H,16,22)(H2,15,17,18). The first kappa shape index (κ1) is 13.7. The summed E-state index contributed by atoms with van der Waals surface area (Å²) in [6, 6.07) is 8.64. The van der Waals surface area contributed by atoms with E-state index in [4.69, 9.17) is 5.73 Å². The molecule has 22 heavy (non-hydrogen) atoms. The van der Waals surface area contributed by atoms with E-state index in [0.29, 0.717) is 16.7 Å². The number of nitrogens with two attached hydrogens (primary N) is 1. The minimum absolute atomic E-state index is 0.177. The Balaban J connectivity index is 1.74. The van der Waals surface area contributed by atoms with Gasteiger partial charge in [-0.2, -0.15) is 0 Å². The fraction of sp³-hybridized carbons (Fsp3) is 0.0714. The first-order valence-corrected chi connectivity index (χ1v) is 6.47. The number of nitrogens with one attached hydrogen (secondary N) is 1. The summed E-state index contributed by atoms with van der Waals surface area (Å²) in [5.41, 5.74) is 6.81. The molecule has 8 heteroatoms. The van der Waals surface area contributed by atoms with E-state index < -0.39 is 0 Å². The molecular weight excluding hydrogens is 284 g/mol. The molecule has 8 nitrogen and oxygen atoms in total. The molecule has 0 saturated carbocycles. The number of anilines is 1. The Kier molecular flexibility index (Phi) is 3.48. The Hall–Kier alpha value is -3.29. The lowest BCUT2D eigenvalue weighted by molar-refractivity contribution is 0.0863. The monoisotopic (exact) mass is 296 g/mol. The molecule has 0 spiro atoms. The van der Waals surface area contributed by atoms with E-state index in [0.717, 1.165) is 0 Å². The fourth-order valence-corrected chi connectivity index (χ4v) is 1.97. The van der Waals surface area contributed by atoms with Gasteiger partial charge in [-0.05, 0) is 12.1 Å². The number of carbonyl (C=O) groups is 2. The Morgan fingerprint density at radius 1 is 1.14 bits per heavy atom. The summed E-state index contributed by atoms with van der Waals surface area (Å²) in [5, 5.41) is 2.55. The normalized spacial score (nSPS) is 10.5. The first-order valence-electron chi connectivity index (χ1n) is 6.47. The molecule has 3 aromatic rings. The van der Waals surface area contributed by atoms with Gasteiger partial charge in [-0.3, -0.25) is 14.2 Å². The summed E-state index contributed by atoms with van der Waals surface area (Å²) >= 11 is 0. The maximum absolute atomic E-state index is 12.2. The highest BCUT2D eigenvalue weighted by molar-refractivity contribution is 5.98. The second-order valence-corrected chi connectivity index (χ2v) is 4.49. The predicted molar refractivity (Wildman–Crippen MR) is 79.1 cm³/mol. The second-order valence-electron chi connectivity index (χ2n) is 4.49. The van der Waals surface area contributed by atoms with E-state index in [1.54, 1.807) is 24.3 Å². The molecule has 0 saturated heterocycles. The van der Waals surface area contributed by atoms with Crippen LogP contribution in [0.3, 0.4) is 0 Å². The zero-order chi connectivity index (χ0) is 15.5. The Labute approximate surface area is 125 Å². The van der Waals surface area contributed by atoms with Crippen LogP contribution in [0.2, 0.25) is 0 Å². The minimum Gasteiger partial charge on any atom is -0.382 e. The van der Waals surface area contributed by atoms with Crippen LogP contribution < -0.4 is 11.1 Å². The van der Waals surface area contributed by atoms with Gasteiger partial charge in [0, 0.05) is 5.56 Å². The highest BCUT2D eigenvalue weighted by Crippen LogP contribution is 2.13. The topological polar surface area (TPSA) is 116 Å². The lowest BCUT2D eigenvalue weighted by Gasteiger charge is -2.05. The maximum Gasteiger partial charge on any atom is 0.252 e. The third kappa shape index (κ3) is 2.49. The highest BCUT2D eigenvalue weighted by atomic mass is 16.2. The SMILES string of the molecule is Nc1ncnc2c1ncn2C(=O)CNC(=O)c1ccccc1. The molecule has 0 atom stereocenters. The molecule has 0 aliphatic carbocycles. The van der Waals surface area contributed by atoms with Crippen LogP contribution in [-0.4, -0.2) is 37.9 Å². The zero-order valence-electron chi connectivity index (χ0n) is 11.4. The van der Waals surface area contributed by atoms with E-state index >= 15 is 0 Å². The Morgan fingerprint density at radius 2 is 1.91 bits per heavy atom. The molecule has 2 aromatic heterocycles. The Bertz CT molecular complexity index is 843. The number of benzene rings is 1. The summed E-state index contributed by atoms with van der Waals surface area (Å²) in [5.74, 6) is -0.498. The van der Waals surface area contributed by atoms with E-state index in [-0.39, 0.29) is 24.2 Å². The number of hydrogen-bond donors (Lipinski definition) is 2. The molecular formula is C14H12N6O2. The lowest BCUT2D eigenvalue weighted by atomic mass is 10.2. The van der Waals surface area contributed by atoms with Crippen molar-refractivity contribution in [1.29, 1.82) is 0 Å². The van der Waals surface area contributed by atoms with Crippen LogP contribution in [0.1, 0.15) is 15.2 Å². The van der Waals surface area contributed by atoms with Crippen LogP contribution in [0.15, 0.2) is 43.0 Å². The number of amides is 1. The molecule has 3 N–H and O–H groups in total. The zero-order valence-corrected chi connectivity index (χ0v) is 11.4. The van der Waals surface area contributed by atoms with E-state index in [2.05, 4.69) is 20.3 Å². The Morgan fingerprint density at radius 3 is 2.68 bits per heavy atom. The molecule has 110 valence electrons. The van der Waals surface area contributed by atoms with Gasteiger partial charge in [-0.15, -0.1) is 0 Å². The van der Waals surface area contributed by atoms with Gasteiger partial charge in [-0.1, -0.05) is 18.2 Å². The van der Waals surface area contributed by atoms with E-state index in [1.165, 1.54) is 17.2 Å². The molecule has 2 heterocycles. The van der Waals surface area contributed by atoms with Crippen molar-refractivity contribution in [1.82, 2.24) is 24.8 Å². The lowest BCUT2D eigenvalue weighted by Crippen LogP contribution is -2.32. The van der Waals surface area contributed by atoms with Crippen LogP contribution in [-0.2, 0) is 0 Å². The van der Waals surface area contributed by atoms with Crippen LogP contribution >= 0.6 is 0 Å². The molecule has 0 unspecified atom stereocenters. The molecule has 1 amide bonds. The van der Waals surface area contributed by atoms with Crippen molar-refractivity contribution in [2.24, 2.45) is 0 Å². The van der Waals surface area contributed by atoms with E-state index in [1.807, 2.05) is 6.07 Å². The molecule has 0 aliphatic heterocycles. The minimum atomic E-state index is -0.370. The van der Waals surface area contributed by atoms with Crippen molar-refractivity contribution in [2.75, 3.05) is 12.3 Å². The number of aromatic nitrogens is 4. The van der Waals surface area contributed by atoms with Gasteiger partial charge in [0.15, 0.2) is 17.0 Å². The molecule has 0 radical (unpaired) electrons. The number of hydrogen-bond acceptors (Lipinski definition) is 6. The fourth-order valence-electron chi connectivity index (χ4n) is 1.97. The average molecular weight is 296 g/mol. The second kappa shape index (κ2) is 5.60. The number of carbonyl (C=O) groups excluding carboxylic acids is 2. The van der Waals surface area contributed by atoms with Crippen molar-refractivity contribution in [3.63, 3.8) is 0 Å². The highest BCUT2D eigenvalue weighted by Gasteiger charge is 2.14. The summed E-state index contributed by atoms with van der Waals surface area (Å²) in [6.45, 7) is -0.177. The first-order chi connectivity index (χ1) is 10.7. The van der Waals surface area contributed by atoms with Crippen molar-refractivity contribution < 1.29 is 9.59 Å². The molecule has 3 rings (SSSR count). The van der Waals surface area contributed by atoms with E-state index in [9.17, 15) is 9.59 Å². The summed E-state index contributed by atoms with van der Waals surface area (Å²) < 4.78 is 1.23. The smallest absolute Gasteiger partial charge is 0.252 e. The molecule has 0 bridgehead atoms. The summed E-state index contributed by atoms with van der Waals surface area (Å²) in [4.78, 5) is 35.9. The average Bonchev–Trinajstić information content (AvgIpc) is 2.98. The predicted octanol–water partition coefficient (Wildman–Crippen LogP) is 0.479. The van der Waals surface area contributed by atoms with Crippen LogP contribution in [0, 0.1) is 0 Å². The van der Waals surface area contributed by atoms with Crippen LogP contribution in [0.4, 0.5) is 5.82 Å². The van der Waals surface area contributed by atoms with Gasteiger partial charge < -0.3 is 11.1 Å². The quantitative estimate of drug-likeness (QED) is 0.726. The van der Waals surface area contributed by atoms with Gasteiger partial charge >= 0.3 is 0 Å².